The van der Waals surface area contributed by atoms with Gasteiger partial charge in [-0.2, -0.15) is 13.7 Å². The molecule has 8 heteroatoms. The molecule has 1 fully saturated rings. The van der Waals surface area contributed by atoms with Gasteiger partial charge in [0.25, 0.3) is 5.91 Å². The van der Waals surface area contributed by atoms with Gasteiger partial charge in [0.05, 0.1) is 29.6 Å². The monoisotopic (exact) mass is 382 g/mol. The molecule has 0 atom stereocenters. The molecule has 0 radical (unpaired) electrons. The van der Waals surface area contributed by atoms with Gasteiger partial charge in [-0.15, -0.1) is 0 Å². The van der Waals surface area contributed by atoms with Crippen molar-refractivity contribution in [2.45, 2.75) is 18.9 Å². The molecule has 7 nitrogen and oxygen atoms in total. The van der Waals surface area contributed by atoms with E-state index in [9.17, 15) is 13.2 Å². The smallest absolute Gasteiger partial charge is 0.326 e. The molecule has 0 spiro atoms. The van der Waals surface area contributed by atoms with Crippen molar-refractivity contribution in [3.8, 4) is 6.07 Å². The summed E-state index contributed by atoms with van der Waals surface area (Å²) in [7, 11) is -3.62. The molecule has 1 amide bonds. The first-order valence-electron chi connectivity index (χ1n) is 8.72. The van der Waals surface area contributed by atoms with Gasteiger partial charge in [-0.25, -0.2) is 8.61 Å². The first-order valence-corrected chi connectivity index (χ1v) is 10.1. The molecule has 1 aliphatic carbocycles. The predicted octanol–water partition coefficient (Wildman–Crippen LogP) is 2.02. The van der Waals surface area contributed by atoms with Gasteiger partial charge in [0.15, 0.2) is 0 Å². The lowest BCUT2D eigenvalue weighted by Crippen LogP contribution is -2.42. The number of hydrogen-bond donors (Lipinski definition) is 1. The second kappa shape index (κ2) is 6.59. The van der Waals surface area contributed by atoms with Gasteiger partial charge >= 0.3 is 10.2 Å². The number of benzene rings is 2. The molecule has 27 heavy (non-hydrogen) atoms. The Balaban J connectivity index is 1.48. The molecule has 2 aliphatic rings. The third-order valence-corrected chi connectivity index (χ3v) is 6.58. The van der Waals surface area contributed by atoms with Crippen LogP contribution in [0.4, 0.5) is 11.4 Å². The van der Waals surface area contributed by atoms with Gasteiger partial charge in [0, 0.05) is 18.2 Å². The highest BCUT2D eigenvalue weighted by Crippen LogP contribution is 2.46. The van der Waals surface area contributed by atoms with Crippen molar-refractivity contribution >= 4 is 27.5 Å². The van der Waals surface area contributed by atoms with Crippen LogP contribution in [0.15, 0.2) is 48.5 Å². The van der Waals surface area contributed by atoms with E-state index in [1.54, 1.807) is 24.3 Å². The van der Waals surface area contributed by atoms with E-state index in [-0.39, 0.29) is 25.0 Å². The Hall–Kier alpha value is -3.05. The highest BCUT2D eigenvalue weighted by molar-refractivity contribution is 7.94. The molecule has 138 valence electrons. The van der Waals surface area contributed by atoms with Crippen molar-refractivity contribution in [1.82, 2.24) is 5.32 Å². The molecular formula is C19H18N4O3S. The Morgan fingerprint density at radius 3 is 2.59 bits per heavy atom. The zero-order chi connectivity index (χ0) is 19.0. The maximum absolute atomic E-state index is 13.0. The number of anilines is 2. The highest BCUT2D eigenvalue weighted by atomic mass is 32.2. The number of carbonyl (C=O) groups excluding carboxylic acids is 1. The minimum Gasteiger partial charge on any atom is -0.350 e. The Morgan fingerprint density at radius 1 is 1.15 bits per heavy atom. The number of hydrogen-bond acceptors (Lipinski definition) is 4. The largest absolute Gasteiger partial charge is 0.350 e. The molecule has 0 aromatic heterocycles. The number of amides is 1. The van der Waals surface area contributed by atoms with Crippen LogP contribution in [0.25, 0.3) is 0 Å². The zero-order valence-corrected chi connectivity index (χ0v) is 15.3. The van der Waals surface area contributed by atoms with Gasteiger partial charge < -0.3 is 5.32 Å². The second-order valence-electron chi connectivity index (χ2n) is 6.54. The maximum Gasteiger partial charge on any atom is 0.326 e. The van der Waals surface area contributed by atoms with Crippen molar-refractivity contribution < 1.29 is 13.2 Å². The minimum absolute atomic E-state index is 0.0319. The number of fused-ring (bicyclic) bond motifs is 1. The fourth-order valence-electron chi connectivity index (χ4n) is 3.25. The van der Waals surface area contributed by atoms with Gasteiger partial charge in [-0.1, -0.05) is 18.2 Å². The van der Waals surface area contributed by atoms with E-state index in [1.165, 1.54) is 14.7 Å². The number of nitrogens with one attached hydrogen (secondary N) is 1. The quantitative estimate of drug-likeness (QED) is 0.856. The summed E-state index contributed by atoms with van der Waals surface area (Å²) in [4.78, 5) is 12.3. The lowest BCUT2D eigenvalue weighted by molar-refractivity contribution is 0.0955. The number of nitrogens with zero attached hydrogens (tertiary/aromatic N) is 3. The predicted molar refractivity (Wildman–Crippen MR) is 102 cm³/mol. The highest BCUT2D eigenvalue weighted by Gasteiger charge is 2.47. The number of para-hydroxylation sites is 2. The molecule has 1 saturated carbocycles. The fourth-order valence-corrected chi connectivity index (χ4v) is 5.18. The summed E-state index contributed by atoms with van der Waals surface area (Å²) in [5.41, 5.74) is 2.12. The third kappa shape index (κ3) is 3.11. The van der Waals surface area contributed by atoms with Crippen LogP contribution in [0, 0.1) is 11.3 Å². The van der Waals surface area contributed by atoms with E-state index in [4.69, 9.17) is 5.26 Å². The van der Waals surface area contributed by atoms with Crippen LogP contribution >= 0.6 is 0 Å². The van der Waals surface area contributed by atoms with Crippen LogP contribution in [0.5, 0.6) is 0 Å². The summed E-state index contributed by atoms with van der Waals surface area (Å²) in [6, 6.07) is 15.7. The van der Waals surface area contributed by atoms with Gasteiger partial charge in [-0.05, 0) is 43.2 Å². The molecule has 0 saturated heterocycles. The number of carbonyl (C=O) groups is 1. The normalized spacial score (nSPS) is 17.3. The standard InChI is InChI=1S/C19H18N4O3S/c20-13-14-4-3-5-15(12-14)19(24)21-10-11-22-17-6-1-2-7-18(17)23(16-8-9-16)27(22,25)26/h1-7,12,16H,8-11H2,(H,21,24). The van der Waals surface area contributed by atoms with Crippen LogP contribution in [-0.2, 0) is 10.2 Å². The number of nitriles is 1. The molecule has 1 aliphatic heterocycles. The first kappa shape index (κ1) is 17.4. The van der Waals surface area contributed by atoms with Crippen LogP contribution < -0.4 is 13.9 Å². The van der Waals surface area contributed by atoms with Crippen LogP contribution in [0.3, 0.4) is 0 Å². The van der Waals surface area contributed by atoms with E-state index in [0.717, 1.165) is 12.8 Å². The SMILES string of the molecule is N#Cc1cccc(C(=O)NCCN2c3ccccc3N(C3CC3)S2(=O)=O)c1. The Morgan fingerprint density at radius 2 is 1.89 bits per heavy atom. The number of rotatable bonds is 5. The van der Waals surface area contributed by atoms with E-state index in [0.29, 0.717) is 22.5 Å². The van der Waals surface area contributed by atoms with Crippen molar-refractivity contribution in [1.29, 1.82) is 5.26 Å². The van der Waals surface area contributed by atoms with Crippen molar-refractivity contribution in [3.05, 3.63) is 59.7 Å². The molecule has 0 bridgehead atoms. The summed E-state index contributed by atoms with van der Waals surface area (Å²) in [6.07, 6.45) is 1.74. The zero-order valence-electron chi connectivity index (χ0n) is 14.5. The average molecular weight is 382 g/mol. The summed E-state index contributed by atoms with van der Waals surface area (Å²) >= 11 is 0. The van der Waals surface area contributed by atoms with Crippen molar-refractivity contribution in [3.63, 3.8) is 0 Å². The summed E-state index contributed by atoms with van der Waals surface area (Å²) in [5, 5.41) is 11.7. The summed E-state index contributed by atoms with van der Waals surface area (Å²) in [6.45, 7) is 0.313. The molecule has 0 unspecified atom stereocenters. The Bertz CT molecular complexity index is 1040. The molecule has 1 heterocycles. The van der Waals surface area contributed by atoms with E-state index >= 15 is 0 Å². The lowest BCUT2D eigenvalue weighted by Gasteiger charge is -2.21. The molecule has 2 aromatic carbocycles. The van der Waals surface area contributed by atoms with Crippen LogP contribution in [0.1, 0.15) is 28.8 Å². The minimum atomic E-state index is -3.62. The van der Waals surface area contributed by atoms with Gasteiger partial charge in [0.2, 0.25) is 0 Å². The van der Waals surface area contributed by atoms with E-state index in [1.807, 2.05) is 24.3 Å². The maximum atomic E-state index is 13.0. The fraction of sp³-hybridized carbons (Fsp3) is 0.263. The molecule has 4 rings (SSSR count). The Labute approximate surface area is 158 Å². The Kier molecular flexibility index (Phi) is 4.24. The van der Waals surface area contributed by atoms with Crippen molar-refractivity contribution in [2.75, 3.05) is 21.7 Å². The second-order valence-corrected chi connectivity index (χ2v) is 8.27. The van der Waals surface area contributed by atoms with Crippen molar-refractivity contribution in [2.24, 2.45) is 0 Å². The van der Waals surface area contributed by atoms with Gasteiger partial charge in [0.1, 0.15) is 0 Å². The lowest BCUT2D eigenvalue weighted by atomic mass is 10.1. The average Bonchev–Trinajstić information content (AvgIpc) is 3.47. The molecule has 1 N–H and O–H groups in total. The van der Waals surface area contributed by atoms with Crippen LogP contribution in [0.2, 0.25) is 0 Å². The van der Waals surface area contributed by atoms with E-state index < -0.39 is 10.2 Å². The van der Waals surface area contributed by atoms with Crippen LogP contribution in [-0.4, -0.2) is 33.5 Å². The van der Waals surface area contributed by atoms with Gasteiger partial charge in [-0.3, -0.25) is 4.79 Å². The summed E-state index contributed by atoms with van der Waals surface area (Å²) in [5.74, 6) is -0.337. The molecule has 2 aromatic rings. The first-order chi connectivity index (χ1) is 13.0. The summed E-state index contributed by atoms with van der Waals surface area (Å²) < 4.78 is 28.8. The third-order valence-electron chi connectivity index (χ3n) is 4.65. The molecular weight excluding hydrogens is 364 g/mol. The topological polar surface area (TPSA) is 93.5 Å². The van der Waals surface area contributed by atoms with E-state index in [2.05, 4.69) is 5.32 Å².